The lowest BCUT2D eigenvalue weighted by Gasteiger charge is -2.23. The number of hydrogen-bond acceptors (Lipinski definition) is 3. The Kier molecular flexibility index (Phi) is 6.78. The second-order valence-corrected chi connectivity index (χ2v) is 5.94. The number of aliphatic imine (C=N–C) groups is 1. The SMILES string of the molecule is CN=C(NCc1ccccc1OC(F)(F)F)NC1CC2CCC1O2.I. The standard InChI is InChI=1S/C16H20F3N3O2.HI/c1-20-15(22-12-8-11-6-7-14(12)23-11)21-9-10-4-2-3-5-13(10)24-16(17,18)19;/h2-5,11-12,14H,6-9H2,1H3,(H2,20,21,22);1H. The Morgan fingerprint density at radius 3 is 2.68 bits per heavy atom. The van der Waals surface area contributed by atoms with Gasteiger partial charge >= 0.3 is 6.36 Å². The number of fused-ring (bicyclic) bond motifs is 2. The van der Waals surface area contributed by atoms with Crippen molar-refractivity contribution in [1.29, 1.82) is 0 Å². The van der Waals surface area contributed by atoms with E-state index in [4.69, 9.17) is 4.74 Å². The molecule has 3 unspecified atom stereocenters. The van der Waals surface area contributed by atoms with Crippen LogP contribution >= 0.6 is 24.0 Å². The molecule has 2 N–H and O–H groups in total. The van der Waals surface area contributed by atoms with Gasteiger partial charge in [-0.15, -0.1) is 37.1 Å². The van der Waals surface area contributed by atoms with Crippen LogP contribution in [0.2, 0.25) is 0 Å². The summed E-state index contributed by atoms with van der Waals surface area (Å²) in [6.07, 6.45) is -1.16. The molecule has 2 aliphatic rings. The molecular formula is C16H21F3IN3O2. The van der Waals surface area contributed by atoms with E-state index in [0.29, 0.717) is 17.6 Å². The number of rotatable bonds is 4. The van der Waals surface area contributed by atoms with Crippen LogP contribution in [0.3, 0.4) is 0 Å². The van der Waals surface area contributed by atoms with E-state index >= 15 is 0 Å². The maximum atomic E-state index is 12.5. The van der Waals surface area contributed by atoms with Crippen molar-refractivity contribution in [2.75, 3.05) is 7.05 Å². The molecular weight excluding hydrogens is 450 g/mol. The van der Waals surface area contributed by atoms with Gasteiger partial charge in [-0.1, -0.05) is 18.2 Å². The van der Waals surface area contributed by atoms with Crippen molar-refractivity contribution in [3.05, 3.63) is 29.8 Å². The van der Waals surface area contributed by atoms with Gasteiger partial charge < -0.3 is 20.1 Å². The normalized spacial score (nSPS) is 25.4. The van der Waals surface area contributed by atoms with Crippen molar-refractivity contribution in [3.63, 3.8) is 0 Å². The maximum absolute atomic E-state index is 12.5. The van der Waals surface area contributed by atoms with Crippen LogP contribution in [0, 0.1) is 0 Å². The third kappa shape index (κ3) is 5.37. The van der Waals surface area contributed by atoms with Crippen molar-refractivity contribution in [2.24, 2.45) is 4.99 Å². The van der Waals surface area contributed by atoms with E-state index in [1.165, 1.54) is 12.1 Å². The first-order valence-electron chi connectivity index (χ1n) is 7.91. The third-order valence-corrected chi connectivity index (χ3v) is 4.30. The fraction of sp³-hybridized carbons (Fsp3) is 0.562. The van der Waals surface area contributed by atoms with Crippen LogP contribution in [0.1, 0.15) is 24.8 Å². The van der Waals surface area contributed by atoms with E-state index in [1.54, 1.807) is 19.2 Å². The number of guanidine groups is 1. The average molecular weight is 471 g/mol. The number of para-hydroxylation sites is 1. The molecule has 0 radical (unpaired) electrons. The van der Waals surface area contributed by atoms with Crippen molar-refractivity contribution < 1.29 is 22.6 Å². The summed E-state index contributed by atoms with van der Waals surface area (Å²) in [5.74, 6) is 0.328. The van der Waals surface area contributed by atoms with E-state index < -0.39 is 6.36 Å². The summed E-state index contributed by atoms with van der Waals surface area (Å²) in [5, 5.41) is 6.32. The van der Waals surface area contributed by atoms with Gasteiger partial charge in [0.05, 0.1) is 18.2 Å². The highest BCUT2D eigenvalue weighted by Crippen LogP contribution is 2.34. The number of nitrogens with zero attached hydrogens (tertiary/aromatic N) is 1. The highest BCUT2D eigenvalue weighted by atomic mass is 127. The molecule has 0 amide bonds. The molecule has 2 fully saturated rings. The first-order chi connectivity index (χ1) is 11.4. The minimum Gasteiger partial charge on any atom is -0.405 e. The van der Waals surface area contributed by atoms with Gasteiger partial charge in [-0.25, -0.2) is 0 Å². The molecule has 2 saturated heterocycles. The van der Waals surface area contributed by atoms with Gasteiger partial charge in [0.15, 0.2) is 5.96 Å². The molecule has 2 heterocycles. The molecule has 25 heavy (non-hydrogen) atoms. The summed E-state index contributed by atoms with van der Waals surface area (Å²) in [6, 6.07) is 6.24. The predicted molar refractivity (Wildman–Crippen MR) is 98.2 cm³/mol. The monoisotopic (exact) mass is 471 g/mol. The molecule has 2 bridgehead atoms. The molecule has 0 saturated carbocycles. The van der Waals surface area contributed by atoms with Gasteiger partial charge in [0.1, 0.15) is 5.75 Å². The van der Waals surface area contributed by atoms with Gasteiger partial charge in [0.2, 0.25) is 0 Å². The zero-order chi connectivity index (χ0) is 17.2. The largest absolute Gasteiger partial charge is 0.573 e. The smallest absolute Gasteiger partial charge is 0.405 e. The van der Waals surface area contributed by atoms with Gasteiger partial charge in [0.25, 0.3) is 0 Å². The summed E-state index contributed by atoms with van der Waals surface area (Å²) in [5.41, 5.74) is 0.405. The molecule has 1 aromatic carbocycles. The van der Waals surface area contributed by atoms with Crippen molar-refractivity contribution in [2.45, 2.75) is 50.4 Å². The molecule has 3 atom stereocenters. The van der Waals surface area contributed by atoms with E-state index in [0.717, 1.165) is 19.3 Å². The number of alkyl halides is 3. The highest BCUT2D eigenvalue weighted by molar-refractivity contribution is 14.0. The number of hydrogen-bond donors (Lipinski definition) is 2. The summed E-state index contributed by atoms with van der Waals surface area (Å²) in [7, 11) is 1.63. The van der Waals surface area contributed by atoms with Gasteiger partial charge in [0, 0.05) is 19.2 Å². The fourth-order valence-electron chi connectivity index (χ4n) is 3.21. The molecule has 0 aromatic heterocycles. The Labute approximate surface area is 161 Å². The Bertz CT molecular complexity index is 613. The topological polar surface area (TPSA) is 54.9 Å². The quantitative estimate of drug-likeness (QED) is 0.403. The van der Waals surface area contributed by atoms with Crippen LogP contribution in [-0.4, -0.2) is 37.6 Å². The summed E-state index contributed by atoms with van der Waals surface area (Å²) < 4.78 is 47.2. The Morgan fingerprint density at radius 1 is 1.32 bits per heavy atom. The number of benzene rings is 1. The lowest BCUT2D eigenvalue weighted by Crippen LogP contribution is -2.47. The van der Waals surface area contributed by atoms with E-state index in [2.05, 4.69) is 20.4 Å². The van der Waals surface area contributed by atoms with Crippen molar-refractivity contribution in [3.8, 4) is 5.75 Å². The van der Waals surface area contributed by atoms with Crippen LogP contribution < -0.4 is 15.4 Å². The molecule has 140 valence electrons. The molecule has 0 aliphatic carbocycles. The van der Waals surface area contributed by atoms with Gasteiger partial charge in [-0.3, -0.25) is 4.99 Å². The van der Waals surface area contributed by atoms with Crippen molar-refractivity contribution in [1.82, 2.24) is 10.6 Å². The minimum atomic E-state index is -4.71. The second-order valence-electron chi connectivity index (χ2n) is 5.94. The van der Waals surface area contributed by atoms with E-state index in [-0.39, 0.29) is 48.4 Å². The van der Waals surface area contributed by atoms with Crippen LogP contribution in [0.4, 0.5) is 13.2 Å². The Hall–Kier alpha value is -1.23. The zero-order valence-corrected chi connectivity index (χ0v) is 16.0. The zero-order valence-electron chi connectivity index (χ0n) is 13.7. The molecule has 5 nitrogen and oxygen atoms in total. The maximum Gasteiger partial charge on any atom is 0.573 e. The Morgan fingerprint density at radius 2 is 2.08 bits per heavy atom. The average Bonchev–Trinajstić information content (AvgIpc) is 3.14. The molecule has 1 aromatic rings. The number of ether oxygens (including phenoxy) is 2. The first-order valence-corrected chi connectivity index (χ1v) is 7.91. The fourth-order valence-corrected chi connectivity index (χ4v) is 3.21. The highest BCUT2D eigenvalue weighted by Gasteiger charge is 2.41. The van der Waals surface area contributed by atoms with Gasteiger partial charge in [-0.05, 0) is 25.3 Å². The van der Waals surface area contributed by atoms with E-state index in [9.17, 15) is 13.2 Å². The lowest BCUT2D eigenvalue weighted by atomic mass is 9.96. The third-order valence-electron chi connectivity index (χ3n) is 4.30. The van der Waals surface area contributed by atoms with Crippen molar-refractivity contribution >= 4 is 29.9 Å². The number of halogens is 4. The second kappa shape index (κ2) is 8.43. The van der Waals surface area contributed by atoms with Gasteiger partial charge in [-0.2, -0.15) is 0 Å². The molecule has 0 spiro atoms. The summed E-state index contributed by atoms with van der Waals surface area (Å²) in [6.45, 7) is 0.174. The lowest BCUT2D eigenvalue weighted by molar-refractivity contribution is -0.274. The van der Waals surface area contributed by atoms with E-state index in [1.807, 2.05) is 0 Å². The number of nitrogens with one attached hydrogen (secondary N) is 2. The molecule has 9 heteroatoms. The van der Waals surface area contributed by atoms with Crippen LogP contribution in [0.15, 0.2) is 29.3 Å². The molecule has 3 rings (SSSR count). The predicted octanol–water partition coefficient (Wildman–Crippen LogP) is 3.19. The summed E-state index contributed by atoms with van der Waals surface area (Å²) in [4.78, 5) is 4.13. The first kappa shape index (κ1) is 20.1. The minimum absolute atomic E-state index is 0. The summed E-state index contributed by atoms with van der Waals surface area (Å²) >= 11 is 0. The Balaban J connectivity index is 0.00000225. The van der Waals surface area contributed by atoms with Crippen LogP contribution in [-0.2, 0) is 11.3 Å². The van der Waals surface area contributed by atoms with Crippen LogP contribution in [0.25, 0.3) is 0 Å². The van der Waals surface area contributed by atoms with Crippen LogP contribution in [0.5, 0.6) is 5.75 Å². The molecule has 2 aliphatic heterocycles.